The first-order valence-corrected chi connectivity index (χ1v) is 7.88. The van der Waals surface area contributed by atoms with Crippen LogP contribution in [0.25, 0.3) is 0 Å². The summed E-state index contributed by atoms with van der Waals surface area (Å²) in [5.41, 5.74) is 0. The normalized spacial score (nSPS) is 13.8. The number of hydrogen-bond acceptors (Lipinski definition) is 8. The molecule has 10 nitrogen and oxygen atoms in total. The van der Waals surface area contributed by atoms with E-state index in [1.165, 1.54) is 6.92 Å². The van der Waals surface area contributed by atoms with Gasteiger partial charge >= 0.3 is 17.9 Å². The number of ether oxygens (including phenoxy) is 3. The van der Waals surface area contributed by atoms with Crippen LogP contribution in [0.3, 0.4) is 0 Å². The van der Waals surface area contributed by atoms with Gasteiger partial charge in [-0.1, -0.05) is 13.8 Å². The average Bonchev–Trinajstić information content (AvgIpc) is 2.60. The van der Waals surface area contributed by atoms with E-state index >= 15 is 0 Å². The summed E-state index contributed by atoms with van der Waals surface area (Å²) < 4.78 is 13.8. The van der Waals surface area contributed by atoms with Crippen LogP contribution >= 0.6 is 0 Å². The Labute approximate surface area is 151 Å². The summed E-state index contributed by atoms with van der Waals surface area (Å²) in [4.78, 5) is 59.5. The number of rotatable bonds is 9. The molecule has 0 unspecified atom stereocenters. The number of carbonyl (C=O) groups is 5. The van der Waals surface area contributed by atoms with Crippen LogP contribution in [0.2, 0.25) is 0 Å². The molecule has 0 bridgehead atoms. The summed E-state index contributed by atoms with van der Waals surface area (Å²) in [6, 6.07) is -2.44. The standard InChI is InChI=1S/C16H26N2O8/c1-8(2)12(17-9(3)19)14(21)18-13(16(23)26-6)10(15(22)25-5)7-11(20)24-4/h8,10,12-13H,7H2,1-6H3,(H,17,19)(H,18,21)/t10-,12+,13-/m0/s1. The molecule has 0 aliphatic rings. The topological polar surface area (TPSA) is 137 Å². The molecule has 0 heterocycles. The van der Waals surface area contributed by atoms with Crippen molar-refractivity contribution in [3.05, 3.63) is 0 Å². The van der Waals surface area contributed by atoms with Crippen molar-refractivity contribution in [3.8, 4) is 0 Å². The Balaban J connectivity index is 5.65. The van der Waals surface area contributed by atoms with E-state index in [1.807, 2.05) is 0 Å². The van der Waals surface area contributed by atoms with Crippen molar-refractivity contribution in [1.82, 2.24) is 10.6 Å². The molecule has 2 amide bonds. The number of hydrogen-bond donors (Lipinski definition) is 2. The Morgan fingerprint density at radius 3 is 1.73 bits per heavy atom. The smallest absolute Gasteiger partial charge is 0.329 e. The van der Waals surface area contributed by atoms with Crippen LogP contribution in [0.15, 0.2) is 0 Å². The van der Waals surface area contributed by atoms with Crippen molar-refractivity contribution >= 4 is 29.7 Å². The van der Waals surface area contributed by atoms with Gasteiger partial charge in [0.2, 0.25) is 11.8 Å². The monoisotopic (exact) mass is 374 g/mol. The van der Waals surface area contributed by atoms with Crippen LogP contribution in [-0.2, 0) is 38.2 Å². The molecular weight excluding hydrogens is 348 g/mol. The molecule has 0 aromatic heterocycles. The van der Waals surface area contributed by atoms with Gasteiger partial charge in [-0.3, -0.25) is 19.2 Å². The fourth-order valence-electron chi connectivity index (χ4n) is 2.20. The first kappa shape index (κ1) is 23.4. The van der Waals surface area contributed by atoms with Gasteiger partial charge in [-0.25, -0.2) is 4.79 Å². The molecule has 26 heavy (non-hydrogen) atoms. The fraction of sp³-hybridized carbons (Fsp3) is 0.688. The fourth-order valence-corrected chi connectivity index (χ4v) is 2.20. The van der Waals surface area contributed by atoms with Gasteiger partial charge in [-0.05, 0) is 5.92 Å². The second-order valence-corrected chi connectivity index (χ2v) is 5.84. The van der Waals surface area contributed by atoms with Crippen LogP contribution in [-0.4, -0.2) is 63.1 Å². The second kappa shape index (κ2) is 11.1. The van der Waals surface area contributed by atoms with Gasteiger partial charge < -0.3 is 24.8 Å². The molecule has 0 radical (unpaired) electrons. The van der Waals surface area contributed by atoms with E-state index in [0.717, 1.165) is 21.3 Å². The van der Waals surface area contributed by atoms with Crippen molar-refractivity contribution in [1.29, 1.82) is 0 Å². The summed E-state index contributed by atoms with van der Waals surface area (Å²) in [6.07, 6.45) is -0.504. The lowest BCUT2D eigenvalue weighted by atomic mass is 9.94. The number of amides is 2. The molecule has 0 aliphatic carbocycles. The number of methoxy groups -OCH3 is 3. The van der Waals surface area contributed by atoms with Crippen LogP contribution in [0, 0.1) is 11.8 Å². The Bertz CT molecular complexity index is 546. The van der Waals surface area contributed by atoms with Crippen molar-refractivity contribution < 1.29 is 38.2 Å². The number of carbonyl (C=O) groups excluding carboxylic acids is 5. The maximum atomic E-state index is 12.5. The maximum absolute atomic E-state index is 12.5. The zero-order valence-electron chi connectivity index (χ0n) is 15.8. The Hall–Kier alpha value is -2.65. The summed E-state index contributed by atoms with van der Waals surface area (Å²) in [6.45, 7) is 4.63. The third kappa shape index (κ3) is 7.08. The molecule has 3 atom stereocenters. The highest BCUT2D eigenvalue weighted by Crippen LogP contribution is 2.15. The first-order valence-electron chi connectivity index (χ1n) is 7.88. The molecule has 10 heteroatoms. The van der Waals surface area contributed by atoms with Crippen molar-refractivity contribution in [2.45, 2.75) is 39.3 Å². The van der Waals surface area contributed by atoms with Gasteiger partial charge in [0.05, 0.1) is 33.7 Å². The van der Waals surface area contributed by atoms with Crippen LogP contribution < -0.4 is 10.6 Å². The van der Waals surface area contributed by atoms with Gasteiger partial charge in [0.15, 0.2) is 0 Å². The van der Waals surface area contributed by atoms with Crippen LogP contribution in [0.5, 0.6) is 0 Å². The summed E-state index contributed by atoms with van der Waals surface area (Å²) in [5.74, 6) is -5.40. The third-order valence-corrected chi connectivity index (χ3v) is 3.58. The quantitative estimate of drug-likeness (QED) is 0.394. The molecule has 0 spiro atoms. The van der Waals surface area contributed by atoms with Crippen molar-refractivity contribution in [2.24, 2.45) is 11.8 Å². The van der Waals surface area contributed by atoms with Crippen LogP contribution in [0.1, 0.15) is 27.2 Å². The highest BCUT2D eigenvalue weighted by Gasteiger charge is 2.40. The van der Waals surface area contributed by atoms with Gasteiger partial charge in [0.1, 0.15) is 12.1 Å². The second-order valence-electron chi connectivity index (χ2n) is 5.84. The van der Waals surface area contributed by atoms with E-state index in [4.69, 9.17) is 0 Å². The van der Waals surface area contributed by atoms with E-state index in [1.54, 1.807) is 13.8 Å². The summed E-state index contributed by atoms with van der Waals surface area (Å²) in [5, 5.41) is 4.83. The number of nitrogens with one attached hydrogen (secondary N) is 2. The molecule has 0 aliphatic heterocycles. The molecule has 0 aromatic rings. The molecule has 0 saturated carbocycles. The molecule has 148 valence electrons. The van der Waals surface area contributed by atoms with E-state index in [2.05, 4.69) is 24.8 Å². The molecule has 0 saturated heterocycles. The predicted molar refractivity (Wildman–Crippen MR) is 88.5 cm³/mol. The van der Waals surface area contributed by atoms with Gasteiger partial charge in [0, 0.05) is 6.92 Å². The number of esters is 3. The molecule has 0 aromatic carbocycles. The SMILES string of the molecule is COC(=O)C[C@H](C(=O)OC)[C@H](NC(=O)[C@H](NC(C)=O)C(C)C)C(=O)OC. The van der Waals surface area contributed by atoms with E-state index in [9.17, 15) is 24.0 Å². The third-order valence-electron chi connectivity index (χ3n) is 3.58. The van der Waals surface area contributed by atoms with Gasteiger partial charge in [-0.2, -0.15) is 0 Å². The summed E-state index contributed by atoms with van der Waals surface area (Å²) in [7, 11) is 3.27. The molecular formula is C16H26N2O8. The predicted octanol–water partition coefficient (Wildman–Crippen LogP) is -0.843. The minimum absolute atomic E-state index is 0.297. The Morgan fingerprint density at radius 1 is 0.808 bits per heavy atom. The minimum Gasteiger partial charge on any atom is -0.469 e. The van der Waals surface area contributed by atoms with Crippen LogP contribution in [0.4, 0.5) is 0 Å². The highest BCUT2D eigenvalue weighted by atomic mass is 16.5. The molecule has 0 rings (SSSR count). The lowest BCUT2D eigenvalue weighted by molar-refractivity contribution is -0.159. The average molecular weight is 374 g/mol. The summed E-state index contributed by atoms with van der Waals surface area (Å²) >= 11 is 0. The van der Waals surface area contributed by atoms with Crippen molar-refractivity contribution in [3.63, 3.8) is 0 Å². The Kier molecular flexibility index (Phi) is 9.93. The maximum Gasteiger partial charge on any atom is 0.329 e. The zero-order valence-corrected chi connectivity index (χ0v) is 15.8. The Morgan fingerprint density at radius 2 is 1.35 bits per heavy atom. The zero-order chi connectivity index (χ0) is 20.4. The van der Waals surface area contributed by atoms with E-state index < -0.39 is 54.1 Å². The minimum atomic E-state index is -1.49. The van der Waals surface area contributed by atoms with Gasteiger partial charge in [0.25, 0.3) is 0 Å². The van der Waals surface area contributed by atoms with Gasteiger partial charge in [-0.15, -0.1) is 0 Å². The highest BCUT2D eigenvalue weighted by molar-refractivity contribution is 5.93. The lowest BCUT2D eigenvalue weighted by Crippen LogP contribution is -2.56. The van der Waals surface area contributed by atoms with Crippen molar-refractivity contribution in [2.75, 3.05) is 21.3 Å². The first-order chi connectivity index (χ1) is 12.1. The molecule has 0 fully saturated rings. The largest absolute Gasteiger partial charge is 0.469 e. The van der Waals surface area contributed by atoms with E-state index in [0.29, 0.717) is 0 Å². The lowest BCUT2D eigenvalue weighted by Gasteiger charge is -2.27. The molecule has 2 N–H and O–H groups in total. The van der Waals surface area contributed by atoms with E-state index in [-0.39, 0.29) is 5.92 Å².